The van der Waals surface area contributed by atoms with Crippen molar-refractivity contribution >= 4 is 0 Å². The Morgan fingerprint density at radius 1 is 1.37 bits per heavy atom. The smallest absolute Gasteiger partial charge is 0.0945 e. The Labute approximate surface area is 117 Å². The molecule has 0 spiro atoms. The van der Waals surface area contributed by atoms with Gasteiger partial charge < -0.3 is 14.8 Å². The molecule has 0 unspecified atom stereocenters. The van der Waals surface area contributed by atoms with Gasteiger partial charge in [-0.15, -0.1) is 0 Å². The third kappa shape index (κ3) is 4.32. The van der Waals surface area contributed by atoms with Crippen LogP contribution in [-0.4, -0.2) is 40.1 Å². The normalized spacial score (nSPS) is 26.5. The van der Waals surface area contributed by atoms with E-state index in [1.165, 1.54) is 25.2 Å². The molecule has 4 nitrogen and oxygen atoms in total. The van der Waals surface area contributed by atoms with Gasteiger partial charge >= 0.3 is 0 Å². The van der Waals surface area contributed by atoms with Crippen LogP contribution in [0.3, 0.4) is 0 Å². The summed E-state index contributed by atoms with van der Waals surface area (Å²) in [6.07, 6.45) is 5.17. The fraction of sp³-hybridized carbons (Fsp3) is 0.800. The number of likely N-dealkylation sites (tertiary alicyclic amines) is 1. The largest absolute Gasteiger partial charge is 0.337 e. The Bertz CT molecular complexity index is 377. The quantitative estimate of drug-likeness (QED) is 0.881. The van der Waals surface area contributed by atoms with Crippen LogP contribution in [-0.2, 0) is 13.6 Å². The number of nitrogens with one attached hydrogen (secondary N) is 1. The molecule has 1 aliphatic rings. The lowest BCUT2D eigenvalue weighted by Gasteiger charge is -2.36. The van der Waals surface area contributed by atoms with E-state index in [-0.39, 0.29) is 0 Å². The Balaban J connectivity index is 1.75. The lowest BCUT2D eigenvalue weighted by Crippen LogP contribution is -2.45. The van der Waals surface area contributed by atoms with Crippen LogP contribution < -0.4 is 5.32 Å². The molecule has 0 amide bonds. The number of imidazole rings is 1. The zero-order valence-corrected chi connectivity index (χ0v) is 12.8. The van der Waals surface area contributed by atoms with Crippen LogP contribution in [0.4, 0.5) is 0 Å². The molecule has 1 N–H and O–H groups in total. The van der Waals surface area contributed by atoms with Crippen molar-refractivity contribution in [2.75, 3.05) is 19.6 Å². The molecule has 0 aromatic carbocycles. The molecule has 19 heavy (non-hydrogen) atoms. The van der Waals surface area contributed by atoms with E-state index in [0.29, 0.717) is 6.04 Å². The van der Waals surface area contributed by atoms with Crippen LogP contribution in [0, 0.1) is 11.8 Å². The molecule has 3 atom stereocenters. The highest BCUT2D eigenvalue weighted by molar-refractivity contribution is 4.97. The summed E-state index contributed by atoms with van der Waals surface area (Å²) in [4.78, 5) is 6.76. The maximum Gasteiger partial charge on any atom is 0.0945 e. The SMILES string of the molecule is C[C@@H]1C[C@H](C)CN(C[C@@H](C)NCc2cncn2C)C1. The Kier molecular flexibility index (Phi) is 4.99. The van der Waals surface area contributed by atoms with Crippen molar-refractivity contribution in [3.05, 3.63) is 18.2 Å². The van der Waals surface area contributed by atoms with E-state index in [2.05, 4.69) is 40.5 Å². The van der Waals surface area contributed by atoms with E-state index >= 15 is 0 Å². The molecule has 2 rings (SSSR count). The van der Waals surface area contributed by atoms with Gasteiger partial charge in [0.05, 0.1) is 12.0 Å². The van der Waals surface area contributed by atoms with E-state index in [4.69, 9.17) is 0 Å². The van der Waals surface area contributed by atoms with Gasteiger partial charge in [0.2, 0.25) is 0 Å². The van der Waals surface area contributed by atoms with Crippen molar-refractivity contribution in [3.63, 3.8) is 0 Å². The van der Waals surface area contributed by atoms with E-state index < -0.39 is 0 Å². The summed E-state index contributed by atoms with van der Waals surface area (Å²) in [5, 5.41) is 3.60. The monoisotopic (exact) mass is 264 g/mol. The van der Waals surface area contributed by atoms with E-state index in [9.17, 15) is 0 Å². The minimum atomic E-state index is 0.521. The first kappa shape index (κ1) is 14.5. The predicted octanol–water partition coefficient (Wildman–Crippen LogP) is 1.88. The fourth-order valence-corrected chi connectivity index (χ4v) is 3.23. The fourth-order valence-electron chi connectivity index (χ4n) is 3.23. The first-order valence-electron chi connectivity index (χ1n) is 7.45. The molecule has 1 aromatic rings. The molecule has 1 saturated heterocycles. The highest BCUT2D eigenvalue weighted by Crippen LogP contribution is 2.20. The van der Waals surface area contributed by atoms with E-state index in [1.807, 2.05) is 19.6 Å². The Morgan fingerprint density at radius 3 is 2.63 bits per heavy atom. The molecule has 0 bridgehead atoms. The summed E-state index contributed by atoms with van der Waals surface area (Å²) < 4.78 is 2.07. The van der Waals surface area contributed by atoms with Crippen LogP contribution in [0.25, 0.3) is 0 Å². The highest BCUT2D eigenvalue weighted by Gasteiger charge is 2.22. The number of nitrogens with zero attached hydrogens (tertiary/aromatic N) is 3. The second kappa shape index (κ2) is 6.53. The van der Waals surface area contributed by atoms with Crippen LogP contribution in [0.15, 0.2) is 12.5 Å². The topological polar surface area (TPSA) is 33.1 Å². The van der Waals surface area contributed by atoms with Gasteiger partial charge in [0, 0.05) is 45.5 Å². The summed E-state index contributed by atoms with van der Waals surface area (Å²) in [5.41, 5.74) is 1.24. The second-order valence-electron chi connectivity index (χ2n) is 6.44. The van der Waals surface area contributed by atoms with Crippen LogP contribution in [0.2, 0.25) is 0 Å². The van der Waals surface area contributed by atoms with Crippen molar-refractivity contribution < 1.29 is 0 Å². The summed E-state index contributed by atoms with van der Waals surface area (Å²) in [6.45, 7) is 11.6. The van der Waals surface area contributed by atoms with Crippen LogP contribution in [0.5, 0.6) is 0 Å². The zero-order chi connectivity index (χ0) is 13.8. The molecule has 1 fully saturated rings. The number of aryl methyl sites for hydroxylation is 1. The van der Waals surface area contributed by atoms with Gasteiger partial charge in [-0.1, -0.05) is 13.8 Å². The average Bonchev–Trinajstić information content (AvgIpc) is 2.71. The summed E-state index contributed by atoms with van der Waals surface area (Å²) >= 11 is 0. The van der Waals surface area contributed by atoms with E-state index in [1.54, 1.807) is 0 Å². The van der Waals surface area contributed by atoms with Crippen molar-refractivity contribution in [1.29, 1.82) is 0 Å². The molecule has 2 heterocycles. The minimum absolute atomic E-state index is 0.521. The molecular formula is C15H28N4. The molecule has 1 aliphatic heterocycles. The first-order valence-corrected chi connectivity index (χ1v) is 7.45. The van der Waals surface area contributed by atoms with Crippen LogP contribution in [0.1, 0.15) is 32.9 Å². The summed E-state index contributed by atoms with van der Waals surface area (Å²) in [5.74, 6) is 1.68. The molecule has 108 valence electrons. The van der Waals surface area contributed by atoms with Gasteiger partial charge in [-0.05, 0) is 25.2 Å². The molecular weight excluding hydrogens is 236 g/mol. The van der Waals surface area contributed by atoms with Crippen molar-refractivity contribution in [3.8, 4) is 0 Å². The Hall–Kier alpha value is -0.870. The average molecular weight is 264 g/mol. The standard InChI is InChI=1S/C15H28N4/c1-12-5-13(2)9-19(8-12)10-14(3)17-7-15-6-16-11-18(15)4/h6,11-14,17H,5,7-10H2,1-4H3/t12-,13+,14-/m1/s1. The third-order valence-electron chi connectivity index (χ3n) is 4.02. The first-order chi connectivity index (χ1) is 9.04. The van der Waals surface area contributed by atoms with Crippen LogP contribution >= 0.6 is 0 Å². The molecule has 4 heteroatoms. The maximum absolute atomic E-state index is 4.15. The minimum Gasteiger partial charge on any atom is -0.337 e. The van der Waals surface area contributed by atoms with Gasteiger partial charge in [0.25, 0.3) is 0 Å². The van der Waals surface area contributed by atoms with E-state index in [0.717, 1.165) is 24.9 Å². The number of piperidine rings is 1. The van der Waals surface area contributed by atoms with Crippen molar-refractivity contribution in [2.45, 2.75) is 39.8 Å². The summed E-state index contributed by atoms with van der Waals surface area (Å²) in [6, 6.07) is 0.521. The molecule has 0 radical (unpaired) electrons. The van der Waals surface area contributed by atoms with Gasteiger partial charge in [-0.2, -0.15) is 0 Å². The number of rotatable bonds is 5. The van der Waals surface area contributed by atoms with Gasteiger partial charge in [-0.3, -0.25) is 0 Å². The number of hydrogen-bond donors (Lipinski definition) is 1. The summed E-state index contributed by atoms with van der Waals surface area (Å²) in [7, 11) is 2.04. The number of aromatic nitrogens is 2. The van der Waals surface area contributed by atoms with Gasteiger partial charge in [-0.25, -0.2) is 4.98 Å². The van der Waals surface area contributed by atoms with Gasteiger partial charge in [0.15, 0.2) is 0 Å². The van der Waals surface area contributed by atoms with Crippen molar-refractivity contribution in [1.82, 2.24) is 19.8 Å². The third-order valence-corrected chi connectivity index (χ3v) is 4.02. The maximum atomic E-state index is 4.15. The van der Waals surface area contributed by atoms with Gasteiger partial charge in [0.1, 0.15) is 0 Å². The lowest BCUT2D eigenvalue weighted by molar-refractivity contribution is 0.130. The predicted molar refractivity (Wildman–Crippen MR) is 78.9 cm³/mol. The zero-order valence-electron chi connectivity index (χ0n) is 12.8. The lowest BCUT2D eigenvalue weighted by atomic mass is 9.92. The molecule has 1 aromatic heterocycles. The molecule has 0 saturated carbocycles. The Morgan fingerprint density at radius 2 is 2.05 bits per heavy atom. The number of hydrogen-bond acceptors (Lipinski definition) is 3. The second-order valence-corrected chi connectivity index (χ2v) is 6.44. The highest BCUT2D eigenvalue weighted by atomic mass is 15.2. The van der Waals surface area contributed by atoms with Crippen molar-refractivity contribution in [2.24, 2.45) is 18.9 Å². The molecule has 0 aliphatic carbocycles.